The molecule has 10 rings (SSSR count). The molecule has 0 atom stereocenters. The Kier molecular flexibility index (Phi) is 12.4. The Morgan fingerprint density at radius 2 is 1.18 bits per heavy atom. The summed E-state index contributed by atoms with van der Waals surface area (Å²) in [6.45, 7) is 28.7. The first kappa shape index (κ1) is 48.3. The third-order valence-electron chi connectivity index (χ3n) is 16.2. The van der Waals surface area contributed by atoms with E-state index in [4.69, 9.17) is 14.1 Å². The zero-order valence-electron chi connectivity index (χ0n) is 52.1. The molecule has 1 aliphatic rings. The van der Waals surface area contributed by atoms with Crippen LogP contribution in [0.15, 0.2) is 158 Å². The number of imidazole rings is 1. The molecule has 394 valence electrons. The quantitative estimate of drug-likeness (QED) is 0.165. The zero-order valence-corrected chi connectivity index (χ0v) is 48.1. The van der Waals surface area contributed by atoms with Crippen LogP contribution in [0.3, 0.4) is 0 Å². The predicted octanol–water partition coefficient (Wildman–Crippen LogP) is 20.3. The minimum atomic E-state index is -2.40. The highest BCUT2D eigenvalue weighted by Gasteiger charge is 2.31. The van der Waals surface area contributed by atoms with E-state index in [0.717, 1.165) is 115 Å². The Hall–Kier alpha value is -7.04. The van der Waals surface area contributed by atoms with Gasteiger partial charge in [0, 0.05) is 33.9 Å². The van der Waals surface area contributed by atoms with Crippen molar-refractivity contribution in [3.8, 4) is 78.6 Å². The first-order valence-electron chi connectivity index (χ1n) is 29.8. The second-order valence-corrected chi connectivity index (χ2v) is 26.8. The van der Waals surface area contributed by atoms with Gasteiger partial charge in [0.2, 0.25) is 0 Å². The fourth-order valence-corrected chi connectivity index (χ4v) is 11.1. The molecule has 1 aliphatic carbocycles. The molecular weight excluding hydrogens is 935 g/mol. The molecule has 1 fully saturated rings. The van der Waals surface area contributed by atoms with Crippen molar-refractivity contribution < 1.29 is 10.6 Å². The van der Waals surface area contributed by atoms with E-state index < -0.39 is 12.7 Å². The molecule has 0 bridgehead atoms. The summed E-state index contributed by atoms with van der Waals surface area (Å²) in [5.74, 6) is 0.254. The van der Waals surface area contributed by atoms with E-state index in [2.05, 4.69) is 211 Å². The molecular formula is C73H81N3O. The van der Waals surface area contributed by atoms with Gasteiger partial charge in [-0.15, -0.1) is 0 Å². The molecule has 0 saturated heterocycles. The van der Waals surface area contributed by atoms with Gasteiger partial charge < -0.3 is 5.11 Å². The van der Waals surface area contributed by atoms with Crippen molar-refractivity contribution in [1.82, 2.24) is 14.5 Å². The van der Waals surface area contributed by atoms with Gasteiger partial charge in [0.25, 0.3) is 0 Å². The smallest absolute Gasteiger partial charge is 0.149 e. The van der Waals surface area contributed by atoms with Gasteiger partial charge >= 0.3 is 0 Å². The van der Waals surface area contributed by atoms with Crippen LogP contribution in [0.2, 0.25) is 0 Å². The maximum atomic E-state index is 12.7. The number of nitrogens with zero attached hydrogens (tertiary/aromatic N) is 3. The van der Waals surface area contributed by atoms with Gasteiger partial charge in [-0.25, -0.2) is 4.98 Å². The maximum absolute atomic E-state index is 12.7. The first-order chi connectivity index (χ1) is 37.8. The Morgan fingerprint density at radius 1 is 0.532 bits per heavy atom. The van der Waals surface area contributed by atoms with Crippen molar-refractivity contribution in [2.24, 2.45) is 5.41 Å². The fourth-order valence-electron chi connectivity index (χ4n) is 11.1. The second-order valence-electron chi connectivity index (χ2n) is 26.8. The van der Waals surface area contributed by atoms with Crippen LogP contribution in [0.5, 0.6) is 5.75 Å². The number of fused-ring (bicyclic) bond motifs is 1. The summed E-state index contributed by atoms with van der Waals surface area (Å²) in [5.41, 5.74) is 16.9. The van der Waals surface area contributed by atoms with Gasteiger partial charge in [0.1, 0.15) is 11.6 Å². The summed E-state index contributed by atoms with van der Waals surface area (Å²) in [4.78, 5) is 10.7. The summed E-state index contributed by atoms with van der Waals surface area (Å²) in [6.07, 6.45) is 5.49. The number of phenolic OH excluding ortho intramolecular Hbond substituents is 1. The van der Waals surface area contributed by atoms with E-state index in [9.17, 15) is 6.48 Å². The molecule has 2 heterocycles. The van der Waals surface area contributed by atoms with Crippen LogP contribution in [-0.4, -0.2) is 19.6 Å². The van der Waals surface area contributed by atoms with E-state index in [-0.39, 0.29) is 38.4 Å². The molecule has 2 aromatic heterocycles. The number of aryl methyl sites for hydroxylation is 1. The highest BCUT2D eigenvalue weighted by molar-refractivity contribution is 5.98. The van der Waals surface area contributed by atoms with Gasteiger partial charge in [-0.3, -0.25) is 9.55 Å². The monoisotopic (exact) mass is 1020 g/mol. The number of hydrogen-bond donors (Lipinski definition) is 1. The normalized spacial score (nSPS) is 15.9. The fraction of sp³-hybridized carbons (Fsp3) is 0.342. The number of para-hydroxylation sites is 1. The van der Waals surface area contributed by atoms with E-state index >= 15 is 0 Å². The number of benzene rings is 7. The van der Waals surface area contributed by atoms with Crippen molar-refractivity contribution in [3.63, 3.8) is 0 Å². The molecule has 77 heavy (non-hydrogen) atoms. The van der Waals surface area contributed by atoms with Crippen molar-refractivity contribution in [2.45, 2.75) is 157 Å². The Bertz CT molecular complexity index is 3830. The summed E-state index contributed by atoms with van der Waals surface area (Å²) in [7, 11) is 0. The Morgan fingerprint density at radius 3 is 1.84 bits per heavy atom. The minimum absolute atomic E-state index is 0.115. The molecule has 0 amide bonds. The van der Waals surface area contributed by atoms with Crippen molar-refractivity contribution in [3.05, 3.63) is 191 Å². The Balaban J connectivity index is 1.14. The first-order valence-corrected chi connectivity index (χ1v) is 27.8. The minimum Gasteiger partial charge on any atom is -0.507 e. The number of hydrogen-bond acceptors (Lipinski definition) is 3. The maximum Gasteiger partial charge on any atom is 0.149 e. The molecule has 7 aromatic carbocycles. The Labute approximate surface area is 466 Å². The van der Waals surface area contributed by atoms with Crippen molar-refractivity contribution >= 4 is 11.0 Å². The van der Waals surface area contributed by atoms with E-state index in [1.165, 1.54) is 5.56 Å². The van der Waals surface area contributed by atoms with Crippen LogP contribution in [0.1, 0.15) is 167 Å². The summed E-state index contributed by atoms with van der Waals surface area (Å²) >= 11 is 0. The lowest BCUT2D eigenvalue weighted by atomic mass is 9.71. The molecule has 0 radical (unpaired) electrons. The molecule has 0 unspecified atom stereocenters. The number of aromatic nitrogens is 3. The molecule has 4 heteroatoms. The van der Waals surface area contributed by atoms with Crippen LogP contribution in [0.25, 0.3) is 83.9 Å². The SMILES string of the molecule is [2H]C([2H])([2H])c1cc(-c2ccc(C3([2H])CCC(C)(C)CC3)cc2)ccc1-c1ccnc(-c2cc(-c3cccc4c3nc(-c3cc(C(C)(C)C)cc(C(C)(C)C)c3O)n4-c3ccc(C(C)(C)C)cc3-c3ccccc3)cc(C(C)(C)C)c2)c1. The van der Waals surface area contributed by atoms with Crippen LogP contribution in [-0.2, 0) is 21.7 Å². The van der Waals surface area contributed by atoms with Crippen LogP contribution >= 0.6 is 0 Å². The van der Waals surface area contributed by atoms with Crippen molar-refractivity contribution in [1.29, 1.82) is 0 Å². The molecule has 1 N–H and O–H groups in total. The number of aromatic hydroxyl groups is 1. The van der Waals surface area contributed by atoms with Crippen molar-refractivity contribution in [2.75, 3.05) is 0 Å². The number of pyridine rings is 1. The second kappa shape index (κ2) is 19.8. The highest BCUT2D eigenvalue weighted by atomic mass is 16.3. The molecule has 4 nitrogen and oxygen atoms in total. The van der Waals surface area contributed by atoms with E-state index in [1.54, 1.807) is 6.20 Å². The van der Waals surface area contributed by atoms with Crippen LogP contribution < -0.4 is 0 Å². The lowest BCUT2D eigenvalue weighted by Gasteiger charge is -2.34. The number of rotatable bonds is 8. The van der Waals surface area contributed by atoms with Gasteiger partial charge in [-0.1, -0.05) is 200 Å². The van der Waals surface area contributed by atoms with E-state index in [1.807, 2.05) is 42.5 Å². The predicted molar refractivity (Wildman–Crippen MR) is 328 cm³/mol. The number of phenols is 1. The van der Waals surface area contributed by atoms with Gasteiger partial charge in [0.05, 0.1) is 28.0 Å². The summed E-state index contributed by atoms with van der Waals surface area (Å²) < 4.78 is 38.1. The average molecular weight is 1020 g/mol. The topological polar surface area (TPSA) is 50.9 Å². The third kappa shape index (κ3) is 10.8. The summed E-state index contributed by atoms with van der Waals surface area (Å²) in [5, 5.41) is 12.7. The summed E-state index contributed by atoms with van der Waals surface area (Å²) in [6, 6.07) is 52.6. The average Bonchev–Trinajstić information content (AvgIpc) is 4.07. The van der Waals surface area contributed by atoms with E-state index in [0.29, 0.717) is 17.0 Å². The third-order valence-corrected chi connectivity index (χ3v) is 16.2. The lowest BCUT2D eigenvalue weighted by Crippen LogP contribution is -2.20. The van der Waals surface area contributed by atoms with Gasteiger partial charge in [-0.2, -0.15) is 0 Å². The molecule has 1 saturated carbocycles. The molecule has 9 aromatic rings. The molecule has 0 aliphatic heterocycles. The van der Waals surface area contributed by atoms with Gasteiger partial charge in [-0.05, 0) is 175 Å². The van der Waals surface area contributed by atoms with Crippen LogP contribution in [0, 0.1) is 12.3 Å². The highest BCUT2D eigenvalue weighted by Crippen LogP contribution is 2.47. The standard InChI is InChI=1S/C73H81N3O/c1-46-38-51(48-26-24-47(25-27-48)49-32-35-73(14,15)36-33-49)28-30-58(46)52-34-37-74-63(42-52)54-39-53(40-56(41-54)70(5,6)7)59-22-19-23-65-66(59)75-68(61-44-57(71(8,9)10)45-62(67(61)77)72(11,12)13)76(65)64-31-29-55(69(2,3)4)43-60(64)50-20-17-16-18-21-50/h16-31,34,37-45,49,77H,32-33,35-36H2,1-15H3/i1D3,49D. The molecule has 0 spiro atoms. The zero-order chi connectivity index (χ0) is 58.4. The largest absolute Gasteiger partial charge is 0.507 e. The lowest BCUT2D eigenvalue weighted by molar-refractivity contribution is 0.224. The van der Waals surface area contributed by atoms with Gasteiger partial charge in [0.15, 0.2) is 0 Å². The van der Waals surface area contributed by atoms with Crippen LogP contribution in [0.4, 0.5) is 0 Å².